The Bertz CT molecular complexity index is 1370. The molecule has 1 aromatic heterocycles. The summed E-state index contributed by atoms with van der Waals surface area (Å²) in [6.45, 7) is 6.47. The number of rotatable bonds is 6. The largest absolute Gasteiger partial charge is 0.449 e. The van der Waals surface area contributed by atoms with Crippen LogP contribution in [-0.4, -0.2) is 67.0 Å². The third-order valence-corrected chi connectivity index (χ3v) is 7.61. The lowest BCUT2D eigenvalue weighted by Gasteiger charge is -2.26. The second-order valence-electron chi connectivity index (χ2n) is 8.18. The van der Waals surface area contributed by atoms with E-state index in [9.17, 15) is 18.0 Å². The van der Waals surface area contributed by atoms with Gasteiger partial charge in [-0.05, 0) is 63.2 Å². The quantitative estimate of drug-likeness (QED) is 0.514. The average molecular weight is 499 g/mol. The van der Waals surface area contributed by atoms with Gasteiger partial charge in [-0.2, -0.15) is 4.31 Å². The number of nitrogens with zero attached hydrogens (tertiary/aromatic N) is 3. The Morgan fingerprint density at radius 1 is 1.00 bits per heavy atom. The van der Waals surface area contributed by atoms with Crippen LogP contribution in [0.4, 0.5) is 5.69 Å². The monoisotopic (exact) mass is 498 g/mol. The molecule has 2 aromatic carbocycles. The number of hydrogen-bond donors (Lipinski definition) is 1. The Kier molecular flexibility index (Phi) is 7.10. The number of sulfonamides is 1. The molecular formula is C24H26N4O6S. The lowest BCUT2D eigenvalue weighted by molar-refractivity contribution is -0.123. The Hall–Kier alpha value is -3.41. The molecule has 2 heterocycles. The third-order valence-electron chi connectivity index (χ3n) is 5.69. The molecule has 11 heteroatoms. The maximum atomic E-state index is 12.7. The summed E-state index contributed by atoms with van der Waals surface area (Å²) in [5, 5.41) is 2.63. The number of hydrogen-bond acceptors (Lipinski definition) is 8. The second kappa shape index (κ2) is 10.1. The second-order valence-corrected chi connectivity index (χ2v) is 10.1. The normalized spacial score (nSPS) is 15.5. The van der Waals surface area contributed by atoms with Crippen LogP contribution >= 0.6 is 0 Å². The SMILES string of the molecule is Cc1nc2ccc(C(=O)O[C@H](C)C(=O)Nc3ccc(S(=O)(=O)N4CCOCC4)cc3)cc2nc1C. The summed E-state index contributed by atoms with van der Waals surface area (Å²) in [5.74, 6) is -1.21. The molecule has 0 spiro atoms. The smallest absolute Gasteiger partial charge is 0.338 e. The van der Waals surface area contributed by atoms with Crippen molar-refractivity contribution in [2.75, 3.05) is 31.6 Å². The summed E-state index contributed by atoms with van der Waals surface area (Å²) in [7, 11) is -3.63. The van der Waals surface area contributed by atoms with Gasteiger partial charge in [0.2, 0.25) is 10.0 Å². The Balaban J connectivity index is 1.38. The molecule has 10 nitrogen and oxygen atoms in total. The highest BCUT2D eigenvalue weighted by Crippen LogP contribution is 2.20. The summed E-state index contributed by atoms with van der Waals surface area (Å²) in [5.41, 5.74) is 3.43. The van der Waals surface area contributed by atoms with E-state index in [1.54, 1.807) is 18.2 Å². The fourth-order valence-electron chi connectivity index (χ4n) is 3.53. The van der Waals surface area contributed by atoms with Crippen molar-refractivity contribution in [3.63, 3.8) is 0 Å². The number of anilines is 1. The molecule has 1 atom stereocenters. The number of aromatic nitrogens is 2. The van der Waals surface area contributed by atoms with Gasteiger partial charge in [-0.15, -0.1) is 0 Å². The lowest BCUT2D eigenvalue weighted by atomic mass is 10.2. The van der Waals surface area contributed by atoms with Crippen molar-refractivity contribution in [2.45, 2.75) is 31.8 Å². The van der Waals surface area contributed by atoms with Crippen LogP contribution in [-0.2, 0) is 24.3 Å². The Morgan fingerprint density at radius 2 is 1.63 bits per heavy atom. The van der Waals surface area contributed by atoms with Gasteiger partial charge in [0.25, 0.3) is 5.91 Å². The third kappa shape index (κ3) is 5.47. The minimum Gasteiger partial charge on any atom is -0.449 e. The maximum absolute atomic E-state index is 12.7. The van der Waals surface area contributed by atoms with E-state index in [2.05, 4.69) is 15.3 Å². The first-order chi connectivity index (χ1) is 16.6. The Morgan fingerprint density at radius 3 is 2.29 bits per heavy atom. The molecule has 1 saturated heterocycles. The molecule has 0 aliphatic carbocycles. The minimum absolute atomic E-state index is 0.127. The van der Waals surface area contributed by atoms with Gasteiger partial charge in [0.15, 0.2) is 6.10 Å². The van der Waals surface area contributed by atoms with E-state index in [4.69, 9.17) is 9.47 Å². The summed E-state index contributed by atoms with van der Waals surface area (Å²) >= 11 is 0. The first-order valence-electron chi connectivity index (χ1n) is 11.1. The number of morpholine rings is 1. The fourth-order valence-corrected chi connectivity index (χ4v) is 4.94. The van der Waals surface area contributed by atoms with E-state index < -0.39 is 28.0 Å². The molecule has 0 bridgehead atoms. The summed E-state index contributed by atoms with van der Waals surface area (Å²) in [6, 6.07) is 10.7. The molecule has 35 heavy (non-hydrogen) atoms. The molecule has 0 saturated carbocycles. The minimum atomic E-state index is -3.63. The molecule has 4 rings (SSSR count). The Labute approximate surface area is 203 Å². The first kappa shape index (κ1) is 24.7. The summed E-state index contributed by atoms with van der Waals surface area (Å²) in [6.07, 6.45) is -1.08. The van der Waals surface area contributed by atoms with E-state index in [1.807, 2.05) is 13.8 Å². The summed E-state index contributed by atoms with van der Waals surface area (Å²) in [4.78, 5) is 34.1. The van der Waals surface area contributed by atoms with Crippen LogP contribution in [0.1, 0.15) is 28.7 Å². The van der Waals surface area contributed by atoms with Crippen LogP contribution < -0.4 is 5.32 Å². The number of benzene rings is 2. The highest BCUT2D eigenvalue weighted by Gasteiger charge is 2.26. The fraction of sp³-hybridized carbons (Fsp3) is 0.333. The number of carbonyl (C=O) groups excluding carboxylic acids is 2. The molecule has 3 aromatic rings. The van der Waals surface area contributed by atoms with Crippen molar-refractivity contribution in [3.8, 4) is 0 Å². The zero-order valence-corrected chi connectivity index (χ0v) is 20.5. The highest BCUT2D eigenvalue weighted by molar-refractivity contribution is 7.89. The molecule has 1 amide bonds. The lowest BCUT2D eigenvalue weighted by Crippen LogP contribution is -2.40. The van der Waals surface area contributed by atoms with Crippen molar-refractivity contribution >= 4 is 38.6 Å². The van der Waals surface area contributed by atoms with Crippen LogP contribution in [0.3, 0.4) is 0 Å². The molecule has 184 valence electrons. The van der Waals surface area contributed by atoms with Crippen molar-refractivity contribution < 1.29 is 27.5 Å². The van der Waals surface area contributed by atoms with E-state index >= 15 is 0 Å². The predicted octanol–water partition coefficient (Wildman–Crippen LogP) is 2.45. The average Bonchev–Trinajstić information content (AvgIpc) is 2.85. The van der Waals surface area contributed by atoms with Gasteiger partial charge in [0.1, 0.15) is 0 Å². The number of amides is 1. The van der Waals surface area contributed by atoms with E-state index in [0.717, 1.165) is 11.4 Å². The van der Waals surface area contributed by atoms with Crippen molar-refractivity contribution in [3.05, 3.63) is 59.4 Å². The van der Waals surface area contributed by atoms with Gasteiger partial charge in [-0.25, -0.2) is 23.2 Å². The van der Waals surface area contributed by atoms with Crippen LogP contribution in [0.15, 0.2) is 47.4 Å². The number of esters is 1. The van der Waals surface area contributed by atoms with Gasteiger partial charge >= 0.3 is 5.97 Å². The van der Waals surface area contributed by atoms with Gasteiger partial charge < -0.3 is 14.8 Å². The topological polar surface area (TPSA) is 128 Å². The maximum Gasteiger partial charge on any atom is 0.338 e. The molecule has 1 N–H and O–H groups in total. The van der Waals surface area contributed by atoms with Crippen LogP contribution in [0.2, 0.25) is 0 Å². The zero-order valence-electron chi connectivity index (χ0n) is 19.6. The standard InChI is InChI=1S/C24H26N4O6S/c1-15-16(2)26-22-14-18(4-9-21(22)25-15)24(30)34-17(3)23(29)27-19-5-7-20(8-6-19)35(31,32)28-10-12-33-13-11-28/h4-9,14,17H,10-13H2,1-3H3,(H,27,29)/t17-/m1/s1. The number of aryl methyl sites for hydroxylation is 2. The predicted molar refractivity (Wildman–Crippen MR) is 129 cm³/mol. The zero-order chi connectivity index (χ0) is 25.2. The first-order valence-corrected chi connectivity index (χ1v) is 12.5. The molecule has 0 radical (unpaired) electrons. The molecule has 1 fully saturated rings. The number of fused-ring (bicyclic) bond motifs is 1. The summed E-state index contributed by atoms with van der Waals surface area (Å²) < 4.78 is 37.3. The molecular weight excluding hydrogens is 472 g/mol. The van der Waals surface area contributed by atoms with Gasteiger partial charge in [-0.1, -0.05) is 0 Å². The van der Waals surface area contributed by atoms with Crippen molar-refractivity contribution in [1.82, 2.24) is 14.3 Å². The van der Waals surface area contributed by atoms with E-state index in [-0.39, 0.29) is 10.5 Å². The number of nitrogens with one attached hydrogen (secondary N) is 1. The number of carbonyl (C=O) groups is 2. The van der Waals surface area contributed by atoms with Crippen LogP contribution in [0, 0.1) is 13.8 Å². The number of ether oxygens (including phenoxy) is 2. The van der Waals surface area contributed by atoms with Gasteiger partial charge in [0, 0.05) is 18.8 Å². The van der Waals surface area contributed by atoms with Crippen molar-refractivity contribution in [1.29, 1.82) is 0 Å². The van der Waals surface area contributed by atoms with Gasteiger partial charge in [-0.3, -0.25) is 4.79 Å². The van der Waals surface area contributed by atoms with E-state index in [0.29, 0.717) is 43.0 Å². The molecule has 1 aliphatic rings. The molecule has 0 unspecified atom stereocenters. The van der Waals surface area contributed by atoms with E-state index in [1.165, 1.54) is 35.5 Å². The van der Waals surface area contributed by atoms with Crippen LogP contribution in [0.25, 0.3) is 11.0 Å². The molecule has 1 aliphatic heterocycles. The van der Waals surface area contributed by atoms with Gasteiger partial charge in [0.05, 0.1) is 46.1 Å². The van der Waals surface area contributed by atoms with Crippen molar-refractivity contribution in [2.24, 2.45) is 0 Å². The van der Waals surface area contributed by atoms with Crippen LogP contribution in [0.5, 0.6) is 0 Å². The highest BCUT2D eigenvalue weighted by atomic mass is 32.2.